The number of nitrogens with one attached hydrogen (secondary N) is 3. The average Bonchev–Trinajstić information content (AvgIpc) is 2.75. The smallest absolute Gasteiger partial charge is 0.267 e. The predicted octanol–water partition coefficient (Wildman–Crippen LogP) is 3.26. The van der Waals surface area contributed by atoms with E-state index in [-0.39, 0.29) is 0 Å². The van der Waals surface area contributed by atoms with Gasteiger partial charge in [0, 0.05) is 19.2 Å². The lowest BCUT2D eigenvalue weighted by Gasteiger charge is -2.19. The first kappa shape index (κ1) is 21.1. The van der Waals surface area contributed by atoms with E-state index in [2.05, 4.69) is 24.5 Å². The second-order valence-corrected chi connectivity index (χ2v) is 5.97. The Balaban J connectivity index is 2.43. The molecule has 2 rings (SSSR count). The lowest BCUT2D eigenvalue weighted by Crippen LogP contribution is -2.20. The van der Waals surface area contributed by atoms with Crippen LogP contribution in [-0.2, 0) is 4.79 Å². The Morgan fingerprint density at radius 3 is 1.86 bits per heavy atom. The molecule has 148 valence electrons. The topological polar surface area (TPSA) is 82.6 Å². The van der Waals surface area contributed by atoms with E-state index >= 15 is 0 Å². The van der Waals surface area contributed by atoms with E-state index < -0.39 is 5.91 Å². The van der Waals surface area contributed by atoms with E-state index in [1.807, 2.05) is 48.5 Å². The number of amides is 1. The van der Waals surface area contributed by atoms with Gasteiger partial charge in [0.25, 0.3) is 5.91 Å². The monoisotopic (exact) mass is 381 g/mol. The van der Waals surface area contributed by atoms with Gasteiger partial charge >= 0.3 is 0 Å². The van der Waals surface area contributed by atoms with Crippen molar-refractivity contribution >= 4 is 23.4 Å². The van der Waals surface area contributed by atoms with Crippen LogP contribution in [0.4, 0.5) is 0 Å². The van der Waals surface area contributed by atoms with Crippen LogP contribution in [0.2, 0.25) is 0 Å². The van der Waals surface area contributed by atoms with Crippen LogP contribution >= 0.6 is 0 Å². The summed E-state index contributed by atoms with van der Waals surface area (Å²) in [5, 5.41) is 15.5. The van der Waals surface area contributed by atoms with Crippen molar-refractivity contribution in [2.24, 2.45) is 0 Å². The highest BCUT2D eigenvalue weighted by Gasteiger charge is 2.11. The van der Waals surface area contributed by atoms with E-state index in [1.165, 1.54) is 6.08 Å². The number of methoxy groups -OCH3 is 1. The van der Waals surface area contributed by atoms with Crippen LogP contribution in [0.1, 0.15) is 30.5 Å². The maximum atomic E-state index is 11.1. The van der Waals surface area contributed by atoms with Gasteiger partial charge in [0.15, 0.2) is 0 Å². The highest BCUT2D eigenvalue weighted by atomic mass is 16.5. The summed E-state index contributed by atoms with van der Waals surface area (Å²) in [4.78, 5) is 11.1. The van der Waals surface area contributed by atoms with Gasteiger partial charge in [-0.3, -0.25) is 10.0 Å². The van der Waals surface area contributed by atoms with Crippen molar-refractivity contribution in [2.45, 2.75) is 13.8 Å². The van der Waals surface area contributed by atoms with Crippen LogP contribution < -0.4 is 20.9 Å². The van der Waals surface area contributed by atoms with Crippen LogP contribution in [0.25, 0.3) is 17.5 Å². The van der Waals surface area contributed by atoms with E-state index in [4.69, 9.17) is 9.94 Å². The minimum atomic E-state index is -0.564. The Bertz CT molecular complexity index is 825. The fraction of sp³-hybridized carbons (Fsp3) is 0.227. The summed E-state index contributed by atoms with van der Waals surface area (Å²) in [5.41, 5.74) is 6.53. The first-order chi connectivity index (χ1) is 13.6. The molecule has 0 atom stereocenters. The number of carbonyl (C=O) groups is 1. The van der Waals surface area contributed by atoms with Crippen LogP contribution in [0, 0.1) is 0 Å². The summed E-state index contributed by atoms with van der Waals surface area (Å²) in [5.74, 6) is 0.249. The molecule has 2 aromatic rings. The van der Waals surface area contributed by atoms with Crippen LogP contribution in [0.3, 0.4) is 0 Å². The van der Waals surface area contributed by atoms with Gasteiger partial charge in [-0.25, -0.2) is 5.48 Å². The predicted molar refractivity (Wildman–Crippen MR) is 113 cm³/mol. The third-order valence-electron chi connectivity index (χ3n) is 4.07. The Labute approximate surface area is 165 Å². The third-order valence-corrected chi connectivity index (χ3v) is 4.07. The van der Waals surface area contributed by atoms with E-state index in [0.717, 1.165) is 46.9 Å². The largest absolute Gasteiger partial charge is 0.497 e. The molecule has 4 N–H and O–H groups in total. The van der Waals surface area contributed by atoms with Crippen molar-refractivity contribution in [3.63, 3.8) is 0 Å². The molecule has 0 aliphatic rings. The molecule has 0 aliphatic carbocycles. The quantitative estimate of drug-likeness (QED) is 0.232. The van der Waals surface area contributed by atoms with Crippen molar-refractivity contribution < 1.29 is 14.7 Å². The Kier molecular flexibility index (Phi) is 8.11. The van der Waals surface area contributed by atoms with Gasteiger partial charge in [0.2, 0.25) is 0 Å². The molecule has 28 heavy (non-hydrogen) atoms. The summed E-state index contributed by atoms with van der Waals surface area (Å²) in [7, 11) is 1.65. The molecule has 6 heteroatoms. The highest BCUT2D eigenvalue weighted by Crippen LogP contribution is 2.25. The highest BCUT2D eigenvalue weighted by molar-refractivity contribution is 5.91. The van der Waals surface area contributed by atoms with Gasteiger partial charge in [-0.15, -0.1) is 0 Å². The van der Waals surface area contributed by atoms with Crippen molar-refractivity contribution in [1.29, 1.82) is 0 Å². The Morgan fingerprint density at radius 2 is 1.43 bits per heavy atom. The van der Waals surface area contributed by atoms with Crippen molar-refractivity contribution in [2.75, 3.05) is 20.2 Å². The molecule has 0 aromatic heterocycles. The molecular formula is C22H27N3O3. The fourth-order valence-electron chi connectivity index (χ4n) is 2.75. The fourth-order valence-corrected chi connectivity index (χ4v) is 2.75. The minimum absolute atomic E-state index is 0.564. The van der Waals surface area contributed by atoms with E-state index in [0.29, 0.717) is 0 Å². The molecule has 0 aliphatic heterocycles. The average molecular weight is 381 g/mol. The Hall–Kier alpha value is -3.25. The standard InChI is InChI=1S/C22H27N3O3/c1-4-23-21(17-9-6-16(7-10-17)8-15-20(26)25-27)22(24-5-2)18-11-13-19(28-3)14-12-18/h6-15,23-24,27H,4-5H2,1-3H3,(H,25,26)/b15-8+,22-21-. The SMILES string of the molecule is CCN/C(=C(\NCC)c1ccc(OC)cc1)c1ccc(/C=C/C(=O)NO)cc1. The van der Waals surface area contributed by atoms with Gasteiger partial charge in [-0.05, 0) is 60.9 Å². The zero-order chi connectivity index (χ0) is 20.4. The number of carbonyl (C=O) groups excluding carboxylic acids is 1. The molecule has 0 heterocycles. The Morgan fingerprint density at radius 1 is 0.929 bits per heavy atom. The first-order valence-corrected chi connectivity index (χ1v) is 9.21. The molecule has 0 bridgehead atoms. The second kappa shape index (κ2) is 10.8. The van der Waals surface area contributed by atoms with Crippen LogP contribution in [-0.4, -0.2) is 31.3 Å². The van der Waals surface area contributed by atoms with Crippen molar-refractivity contribution in [3.05, 3.63) is 71.3 Å². The lowest BCUT2D eigenvalue weighted by atomic mass is 10.0. The lowest BCUT2D eigenvalue weighted by molar-refractivity contribution is -0.124. The van der Waals surface area contributed by atoms with Crippen LogP contribution in [0.15, 0.2) is 54.6 Å². The van der Waals surface area contributed by atoms with E-state index in [9.17, 15) is 4.79 Å². The molecule has 0 saturated carbocycles. The number of rotatable bonds is 9. The summed E-state index contributed by atoms with van der Waals surface area (Å²) < 4.78 is 5.26. The van der Waals surface area contributed by atoms with Gasteiger partial charge in [-0.2, -0.15) is 0 Å². The second-order valence-electron chi connectivity index (χ2n) is 5.97. The molecular weight excluding hydrogens is 354 g/mol. The number of hydrogen-bond donors (Lipinski definition) is 4. The zero-order valence-electron chi connectivity index (χ0n) is 16.5. The molecule has 0 unspecified atom stereocenters. The number of ether oxygens (including phenoxy) is 1. The van der Waals surface area contributed by atoms with Gasteiger partial charge in [-0.1, -0.05) is 24.3 Å². The molecule has 0 fully saturated rings. The van der Waals surface area contributed by atoms with Crippen molar-refractivity contribution in [3.8, 4) is 5.75 Å². The maximum absolute atomic E-state index is 11.1. The summed E-state index contributed by atoms with van der Waals surface area (Å²) in [6.45, 7) is 5.68. The summed E-state index contributed by atoms with van der Waals surface area (Å²) in [6.07, 6.45) is 2.91. The molecule has 0 spiro atoms. The van der Waals surface area contributed by atoms with Crippen LogP contribution in [0.5, 0.6) is 5.75 Å². The van der Waals surface area contributed by atoms with E-state index in [1.54, 1.807) is 18.7 Å². The number of benzene rings is 2. The van der Waals surface area contributed by atoms with Gasteiger partial charge in [0.1, 0.15) is 5.75 Å². The van der Waals surface area contributed by atoms with Gasteiger partial charge in [0.05, 0.1) is 18.5 Å². The molecule has 2 aromatic carbocycles. The number of hydrogen-bond acceptors (Lipinski definition) is 5. The van der Waals surface area contributed by atoms with Gasteiger partial charge < -0.3 is 15.4 Å². The summed E-state index contributed by atoms with van der Waals surface area (Å²) in [6, 6.07) is 15.8. The minimum Gasteiger partial charge on any atom is -0.497 e. The normalized spacial score (nSPS) is 11.7. The molecule has 0 radical (unpaired) electrons. The first-order valence-electron chi connectivity index (χ1n) is 9.21. The van der Waals surface area contributed by atoms with Crippen molar-refractivity contribution in [1.82, 2.24) is 16.1 Å². The number of hydroxylamine groups is 1. The molecule has 0 saturated heterocycles. The molecule has 1 amide bonds. The molecule has 6 nitrogen and oxygen atoms in total. The third kappa shape index (κ3) is 5.62. The maximum Gasteiger partial charge on any atom is 0.267 e. The zero-order valence-corrected chi connectivity index (χ0v) is 16.5. The summed E-state index contributed by atoms with van der Waals surface area (Å²) >= 11 is 0.